The average molecular weight is 318 g/mol. The van der Waals surface area contributed by atoms with Crippen molar-refractivity contribution >= 4 is 25.0 Å². The summed E-state index contributed by atoms with van der Waals surface area (Å²) in [7, 11) is -4.49. The Hall–Kier alpha value is -1.38. The third-order valence-electron chi connectivity index (χ3n) is 3.30. The largest absolute Gasteiger partial charge is 0.469 e. The van der Waals surface area contributed by atoms with Crippen LogP contribution in [0.25, 0.3) is 0 Å². The minimum absolute atomic E-state index is 0.0782. The molecule has 10 heteroatoms. The van der Waals surface area contributed by atoms with Crippen molar-refractivity contribution in [2.45, 2.75) is 25.7 Å². The van der Waals surface area contributed by atoms with Gasteiger partial charge in [0.05, 0.1) is 24.1 Å². The highest BCUT2D eigenvalue weighted by Gasteiger charge is 2.34. The summed E-state index contributed by atoms with van der Waals surface area (Å²) >= 11 is 0. The first-order valence-electron chi connectivity index (χ1n) is 6.38. The molecule has 1 saturated heterocycles. The molecule has 1 aromatic rings. The van der Waals surface area contributed by atoms with E-state index in [1.807, 2.05) is 6.92 Å². The molecule has 3 unspecified atom stereocenters. The molecule has 9 nitrogen and oxygen atoms in total. The molecule has 0 amide bonds. The third kappa shape index (κ3) is 4.29. The minimum atomic E-state index is -4.49. The average Bonchev–Trinajstić information content (AvgIpc) is 2.72. The Labute approximate surface area is 121 Å². The number of phosphoric acid groups is 1. The zero-order chi connectivity index (χ0) is 15.6. The van der Waals surface area contributed by atoms with Crippen LogP contribution in [-0.4, -0.2) is 33.7 Å². The summed E-state index contributed by atoms with van der Waals surface area (Å²) in [6, 6.07) is 1.68. The van der Waals surface area contributed by atoms with Crippen molar-refractivity contribution in [3.8, 4) is 0 Å². The van der Waals surface area contributed by atoms with Crippen LogP contribution in [0, 0.1) is 5.92 Å². The summed E-state index contributed by atoms with van der Waals surface area (Å²) < 4.78 is 20.9. The van der Waals surface area contributed by atoms with Crippen LogP contribution in [-0.2, 0) is 13.8 Å². The lowest BCUT2D eigenvalue weighted by Gasteiger charge is -2.18. The molecule has 0 saturated carbocycles. The van der Waals surface area contributed by atoms with Crippen molar-refractivity contribution in [1.29, 1.82) is 0 Å². The first-order valence-corrected chi connectivity index (χ1v) is 7.91. The Bertz CT molecular complexity index is 551. The normalized spacial score (nSPS) is 26.0. The Morgan fingerprint density at radius 2 is 2.29 bits per heavy atom. The van der Waals surface area contributed by atoms with Gasteiger partial charge in [0.1, 0.15) is 12.0 Å². The zero-order valence-electron chi connectivity index (χ0n) is 11.5. The highest BCUT2D eigenvalue weighted by atomic mass is 31.2. The van der Waals surface area contributed by atoms with E-state index in [-0.39, 0.29) is 24.6 Å². The van der Waals surface area contributed by atoms with Gasteiger partial charge in [-0.05, 0) is 18.4 Å². The number of rotatable bonds is 5. The number of aromatic nitrogens is 1. The van der Waals surface area contributed by atoms with Gasteiger partial charge in [0, 0.05) is 6.20 Å². The van der Waals surface area contributed by atoms with E-state index in [4.69, 9.17) is 26.0 Å². The number of phosphoric ester groups is 1. The van der Waals surface area contributed by atoms with Crippen molar-refractivity contribution in [2.75, 3.05) is 23.4 Å². The van der Waals surface area contributed by atoms with E-state index < -0.39 is 13.9 Å². The molecular weight excluding hydrogens is 299 g/mol. The maximum absolute atomic E-state index is 10.7. The van der Waals surface area contributed by atoms with Gasteiger partial charge >= 0.3 is 7.82 Å². The molecule has 7 N–H and O–H groups in total. The quantitative estimate of drug-likeness (QED) is 0.489. The van der Waals surface area contributed by atoms with Gasteiger partial charge in [-0.2, -0.15) is 0 Å². The summed E-state index contributed by atoms with van der Waals surface area (Å²) in [4.78, 5) is 21.3. The van der Waals surface area contributed by atoms with Crippen LogP contribution in [0.4, 0.5) is 17.2 Å². The number of anilines is 3. The molecule has 0 aromatic carbocycles. The molecule has 3 atom stereocenters. The van der Waals surface area contributed by atoms with Gasteiger partial charge in [0.25, 0.3) is 0 Å². The van der Waals surface area contributed by atoms with Gasteiger partial charge in [-0.3, -0.25) is 4.52 Å². The Morgan fingerprint density at radius 3 is 2.95 bits per heavy atom. The van der Waals surface area contributed by atoms with Crippen LogP contribution in [0.2, 0.25) is 0 Å². The van der Waals surface area contributed by atoms with E-state index in [1.165, 1.54) is 6.20 Å². The molecule has 0 bridgehead atoms. The van der Waals surface area contributed by atoms with Gasteiger partial charge < -0.3 is 31.3 Å². The highest BCUT2D eigenvalue weighted by Crippen LogP contribution is 2.38. The number of nitrogens with zero attached hydrogens (tertiary/aromatic N) is 1. The van der Waals surface area contributed by atoms with Gasteiger partial charge in [0.2, 0.25) is 0 Å². The third-order valence-corrected chi connectivity index (χ3v) is 3.79. The highest BCUT2D eigenvalue weighted by molar-refractivity contribution is 7.46. The fourth-order valence-electron chi connectivity index (χ4n) is 2.15. The second-order valence-corrected chi connectivity index (χ2v) is 6.20. The van der Waals surface area contributed by atoms with Crippen molar-refractivity contribution < 1.29 is 23.6 Å². The second kappa shape index (κ2) is 6.17. The number of nitrogens with one attached hydrogen (secondary N) is 1. The summed E-state index contributed by atoms with van der Waals surface area (Å²) in [5.74, 6) is 0.307. The first-order chi connectivity index (χ1) is 9.76. The Kier molecular flexibility index (Phi) is 4.70. The maximum Gasteiger partial charge on any atom is 0.469 e. The summed E-state index contributed by atoms with van der Waals surface area (Å²) in [6.45, 7) is 1.75. The molecule has 0 spiro atoms. The summed E-state index contributed by atoms with van der Waals surface area (Å²) in [5, 5.41) is 3.09. The lowest BCUT2D eigenvalue weighted by molar-refractivity contribution is 0.0112. The number of nitrogens with two attached hydrogens (primary N) is 2. The Morgan fingerprint density at radius 1 is 1.57 bits per heavy atom. The van der Waals surface area contributed by atoms with Crippen LogP contribution >= 0.6 is 7.82 Å². The summed E-state index contributed by atoms with van der Waals surface area (Å²) in [6.07, 6.45) is 1.43. The van der Waals surface area contributed by atoms with Gasteiger partial charge in [-0.15, -0.1) is 0 Å². The predicted molar refractivity (Wildman–Crippen MR) is 77.1 cm³/mol. The molecule has 2 rings (SSSR count). The number of hydrogen-bond acceptors (Lipinski definition) is 7. The molecule has 118 valence electrons. The van der Waals surface area contributed by atoms with E-state index in [9.17, 15) is 4.57 Å². The number of ether oxygens (including phenoxy) is 1. The van der Waals surface area contributed by atoms with Crippen molar-refractivity contribution in [1.82, 2.24) is 4.98 Å². The van der Waals surface area contributed by atoms with Gasteiger partial charge in [-0.25, -0.2) is 9.55 Å². The summed E-state index contributed by atoms with van der Waals surface area (Å²) in [5.41, 5.74) is 12.4. The van der Waals surface area contributed by atoms with E-state index in [1.54, 1.807) is 6.07 Å². The number of nitrogen functional groups attached to an aromatic ring is 2. The van der Waals surface area contributed by atoms with E-state index >= 15 is 0 Å². The predicted octanol–water partition coefficient (Wildman–Crippen LogP) is 0.518. The first kappa shape index (κ1) is 16.0. The molecule has 1 fully saturated rings. The molecular formula is C11H19N4O5P. The van der Waals surface area contributed by atoms with Crippen LogP contribution in [0.3, 0.4) is 0 Å². The molecule has 1 aromatic heterocycles. The molecule has 0 aliphatic carbocycles. The van der Waals surface area contributed by atoms with E-state index in [0.29, 0.717) is 17.8 Å². The lowest BCUT2D eigenvalue weighted by Crippen LogP contribution is -2.23. The minimum Gasteiger partial charge on any atom is -0.394 e. The van der Waals surface area contributed by atoms with E-state index in [0.717, 1.165) is 0 Å². The van der Waals surface area contributed by atoms with Gasteiger partial charge in [-0.1, -0.05) is 6.92 Å². The monoisotopic (exact) mass is 318 g/mol. The molecule has 2 heterocycles. The number of pyridine rings is 1. The molecule has 1 aliphatic rings. The Balaban J connectivity index is 1.95. The maximum atomic E-state index is 10.7. The molecule has 1 aliphatic heterocycles. The van der Waals surface area contributed by atoms with Crippen LogP contribution in [0.1, 0.15) is 13.3 Å². The lowest BCUT2D eigenvalue weighted by atomic mass is 10.0. The molecule has 0 radical (unpaired) electrons. The van der Waals surface area contributed by atoms with Crippen LogP contribution in [0.15, 0.2) is 12.3 Å². The van der Waals surface area contributed by atoms with Crippen LogP contribution in [0.5, 0.6) is 0 Å². The fraction of sp³-hybridized carbons (Fsp3) is 0.545. The van der Waals surface area contributed by atoms with Crippen molar-refractivity contribution in [3.05, 3.63) is 12.3 Å². The van der Waals surface area contributed by atoms with Crippen molar-refractivity contribution in [3.63, 3.8) is 0 Å². The van der Waals surface area contributed by atoms with Crippen LogP contribution < -0.4 is 16.8 Å². The number of hydrogen-bond donors (Lipinski definition) is 5. The zero-order valence-corrected chi connectivity index (χ0v) is 12.4. The topological polar surface area (TPSA) is 153 Å². The SMILES string of the molecule is CC1CC(Nc2ccnc(N)c2N)OC1COP(=O)(O)O. The van der Waals surface area contributed by atoms with Crippen molar-refractivity contribution in [2.24, 2.45) is 5.92 Å². The van der Waals surface area contributed by atoms with E-state index in [2.05, 4.69) is 14.8 Å². The standard InChI is InChI=1S/C11H19N4O5P/c1-6-4-9(20-8(6)5-19-21(16,17)18)15-7-2-3-14-11(13)10(7)12/h2-3,6,8-9H,4-5,12H2,1H3,(H3,13,14,15)(H2,16,17,18). The second-order valence-electron chi connectivity index (χ2n) is 4.96. The van der Waals surface area contributed by atoms with Gasteiger partial charge in [0.15, 0.2) is 0 Å². The molecule has 21 heavy (non-hydrogen) atoms. The smallest absolute Gasteiger partial charge is 0.394 e. The fourth-order valence-corrected chi connectivity index (χ4v) is 2.49.